The summed E-state index contributed by atoms with van der Waals surface area (Å²) in [5.74, 6) is 1.54. The van der Waals surface area contributed by atoms with Crippen LogP contribution in [0.5, 0.6) is 0 Å². The molecule has 0 bridgehead atoms. The molecule has 4 aliphatic carbocycles. The number of hydrazone groups is 1. The Morgan fingerprint density at radius 3 is 2.61 bits per heavy atom. The van der Waals surface area contributed by atoms with E-state index in [0.717, 1.165) is 58.0 Å². The molecule has 188 valence electrons. The Labute approximate surface area is 198 Å². The summed E-state index contributed by atoms with van der Waals surface area (Å²) in [6.45, 7) is 5.98. The molecule has 0 unspecified atom stereocenters. The number of ether oxygens (including phenoxy) is 1. The van der Waals surface area contributed by atoms with Crippen molar-refractivity contribution in [2.24, 2.45) is 50.1 Å². The standard InChI is InChI=1S/C25H45N5O3/c1-22-9-7-18(33-14-4-13-26)15-17(22)5-6-20-19(22)8-10-23(2)24(31,11-12-25(20,23)32)16-29-30-21(27)28-3/h16-20,31-32H,4-15,26H2,1-3H3,(H3,27,28,30)/b29-16+/t17-,18+,19+,20-,22+,23-,24+,25+/m1/s1. The first kappa shape index (κ1) is 24.9. The monoisotopic (exact) mass is 463 g/mol. The smallest absolute Gasteiger partial charge is 0.209 e. The number of hydrogen-bond acceptors (Lipinski definition) is 6. The van der Waals surface area contributed by atoms with E-state index in [1.165, 1.54) is 0 Å². The van der Waals surface area contributed by atoms with Gasteiger partial charge in [-0.2, -0.15) is 5.10 Å². The van der Waals surface area contributed by atoms with Crippen LogP contribution in [0.3, 0.4) is 0 Å². The minimum Gasteiger partial charge on any atom is -0.389 e. The number of guanidine groups is 1. The van der Waals surface area contributed by atoms with Gasteiger partial charge < -0.3 is 26.4 Å². The first-order valence-electron chi connectivity index (χ1n) is 12.9. The highest BCUT2D eigenvalue weighted by Crippen LogP contribution is 2.69. The van der Waals surface area contributed by atoms with Gasteiger partial charge in [0, 0.05) is 19.1 Å². The molecular weight excluding hydrogens is 418 g/mol. The Hall–Kier alpha value is -1.22. The van der Waals surface area contributed by atoms with E-state index in [4.69, 9.17) is 16.2 Å². The highest BCUT2D eigenvalue weighted by molar-refractivity contribution is 5.79. The number of aliphatic imine (C=N–C) groups is 1. The van der Waals surface area contributed by atoms with Crippen LogP contribution in [0.1, 0.15) is 78.1 Å². The first-order chi connectivity index (χ1) is 15.6. The fraction of sp³-hybridized carbons (Fsp3) is 0.920. The Kier molecular flexibility index (Phi) is 6.86. The average Bonchev–Trinajstić information content (AvgIpc) is 3.01. The minimum absolute atomic E-state index is 0.200. The summed E-state index contributed by atoms with van der Waals surface area (Å²) in [4.78, 5) is 3.84. The molecule has 0 aromatic heterocycles. The molecule has 8 atom stereocenters. The van der Waals surface area contributed by atoms with Crippen molar-refractivity contribution in [3.8, 4) is 0 Å². The van der Waals surface area contributed by atoms with Gasteiger partial charge in [-0.1, -0.05) is 13.8 Å². The van der Waals surface area contributed by atoms with Crippen LogP contribution in [0.4, 0.5) is 0 Å². The molecule has 4 fully saturated rings. The first-order valence-corrected chi connectivity index (χ1v) is 12.9. The van der Waals surface area contributed by atoms with Gasteiger partial charge in [0.15, 0.2) is 0 Å². The zero-order valence-electron chi connectivity index (χ0n) is 20.7. The number of fused-ring (bicyclic) bond motifs is 5. The number of hydrogen-bond donors (Lipinski definition) is 5. The van der Waals surface area contributed by atoms with Gasteiger partial charge in [0.2, 0.25) is 5.96 Å². The molecule has 4 rings (SSSR count). The van der Waals surface area contributed by atoms with Gasteiger partial charge in [-0.05, 0) is 93.9 Å². The van der Waals surface area contributed by atoms with Gasteiger partial charge in [0.25, 0.3) is 0 Å². The van der Waals surface area contributed by atoms with Gasteiger partial charge in [0.1, 0.15) is 5.60 Å². The van der Waals surface area contributed by atoms with E-state index in [9.17, 15) is 10.2 Å². The van der Waals surface area contributed by atoms with Crippen LogP contribution in [0.25, 0.3) is 0 Å². The molecule has 0 heterocycles. The van der Waals surface area contributed by atoms with E-state index < -0.39 is 16.6 Å². The maximum absolute atomic E-state index is 12.2. The predicted octanol–water partition coefficient (Wildman–Crippen LogP) is 2.13. The third-order valence-electron chi connectivity index (χ3n) is 10.4. The molecule has 33 heavy (non-hydrogen) atoms. The van der Waals surface area contributed by atoms with Gasteiger partial charge >= 0.3 is 0 Å². The second kappa shape index (κ2) is 9.10. The summed E-state index contributed by atoms with van der Waals surface area (Å²) in [6, 6.07) is 0. The number of nitrogens with two attached hydrogens (primary N) is 2. The topological polar surface area (TPSA) is 138 Å². The molecule has 0 aliphatic heterocycles. The molecule has 0 aromatic carbocycles. The lowest BCUT2D eigenvalue weighted by atomic mass is 9.43. The van der Waals surface area contributed by atoms with Gasteiger partial charge in [0.05, 0.1) is 17.9 Å². The fourth-order valence-corrected chi connectivity index (χ4v) is 8.19. The zero-order valence-corrected chi connectivity index (χ0v) is 20.7. The molecule has 8 nitrogen and oxygen atoms in total. The van der Waals surface area contributed by atoms with Crippen LogP contribution in [0.2, 0.25) is 0 Å². The van der Waals surface area contributed by atoms with E-state index in [2.05, 4.69) is 29.4 Å². The van der Waals surface area contributed by atoms with Crippen LogP contribution in [-0.2, 0) is 4.74 Å². The second-order valence-corrected chi connectivity index (χ2v) is 11.6. The molecule has 7 N–H and O–H groups in total. The van der Waals surface area contributed by atoms with Crippen molar-refractivity contribution in [2.45, 2.75) is 95.4 Å². The SMILES string of the molecule is CN=C(N)N/N=C/[C@@]1(O)CC[C@]2(O)[C@@H]3CC[C@@H]4C[C@@H](OCCCN)CC[C@]4(C)[C@H]3CC[C@]12C. The molecule has 0 amide bonds. The zero-order chi connectivity index (χ0) is 23.9. The highest BCUT2D eigenvalue weighted by atomic mass is 16.5. The Bertz CT molecular complexity index is 777. The molecule has 0 saturated heterocycles. The summed E-state index contributed by atoms with van der Waals surface area (Å²) in [7, 11) is 1.58. The summed E-state index contributed by atoms with van der Waals surface area (Å²) in [5, 5.41) is 28.1. The maximum atomic E-state index is 12.2. The Morgan fingerprint density at radius 2 is 1.88 bits per heavy atom. The van der Waals surface area contributed by atoms with Crippen LogP contribution in [-0.4, -0.2) is 59.9 Å². The number of nitrogens with one attached hydrogen (secondary N) is 1. The van der Waals surface area contributed by atoms with Crippen molar-refractivity contribution in [3.63, 3.8) is 0 Å². The maximum Gasteiger partial charge on any atom is 0.209 e. The number of nitrogens with zero attached hydrogens (tertiary/aromatic N) is 2. The van der Waals surface area contributed by atoms with Crippen molar-refractivity contribution in [1.82, 2.24) is 5.43 Å². The average molecular weight is 464 g/mol. The lowest BCUT2D eigenvalue weighted by molar-refractivity contribution is -0.225. The molecule has 0 aromatic rings. The lowest BCUT2D eigenvalue weighted by Gasteiger charge is -2.64. The molecular formula is C25H45N5O3. The quantitative estimate of drug-likeness (QED) is 0.177. The van der Waals surface area contributed by atoms with E-state index >= 15 is 0 Å². The van der Waals surface area contributed by atoms with Crippen molar-refractivity contribution in [2.75, 3.05) is 20.2 Å². The molecule has 4 saturated carbocycles. The third kappa shape index (κ3) is 3.91. The second-order valence-electron chi connectivity index (χ2n) is 11.6. The summed E-state index contributed by atoms with van der Waals surface area (Å²) in [6.07, 6.45) is 11.3. The molecule has 0 radical (unpaired) electrons. The van der Waals surface area contributed by atoms with Crippen molar-refractivity contribution < 1.29 is 14.9 Å². The third-order valence-corrected chi connectivity index (χ3v) is 10.4. The van der Waals surface area contributed by atoms with Crippen molar-refractivity contribution in [3.05, 3.63) is 0 Å². The molecule has 0 spiro atoms. The lowest BCUT2D eigenvalue weighted by Crippen LogP contribution is -2.65. The van der Waals surface area contributed by atoms with E-state index in [1.54, 1.807) is 13.3 Å². The summed E-state index contributed by atoms with van der Waals surface area (Å²) < 4.78 is 6.15. The Balaban J connectivity index is 1.51. The van der Waals surface area contributed by atoms with Crippen LogP contribution >= 0.6 is 0 Å². The number of rotatable bonds is 6. The van der Waals surface area contributed by atoms with Crippen LogP contribution < -0.4 is 16.9 Å². The van der Waals surface area contributed by atoms with Crippen molar-refractivity contribution >= 4 is 12.2 Å². The summed E-state index contributed by atoms with van der Waals surface area (Å²) >= 11 is 0. The van der Waals surface area contributed by atoms with Crippen molar-refractivity contribution in [1.29, 1.82) is 0 Å². The van der Waals surface area contributed by atoms with E-state index in [1.807, 2.05) is 0 Å². The van der Waals surface area contributed by atoms with Gasteiger partial charge in [-0.25, -0.2) is 5.43 Å². The van der Waals surface area contributed by atoms with Crippen LogP contribution in [0.15, 0.2) is 10.1 Å². The predicted molar refractivity (Wildman–Crippen MR) is 131 cm³/mol. The van der Waals surface area contributed by atoms with E-state index in [0.29, 0.717) is 37.3 Å². The molecule has 4 aliphatic rings. The number of aliphatic hydroxyl groups is 2. The van der Waals surface area contributed by atoms with Gasteiger partial charge in [-0.15, -0.1) is 0 Å². The normalized spacial score (nSPS) is 47.8. The fourth-order valence-electron chi connectivity index (χ4n) is 8.19. The summed E-state index contributed by atoms with van der Waals surface area (Å²) in [5.41, 5.74) is 11.5. The van der Waals surface area contributed by atoms with Gasteiger partial charge in [-0.3, -0.25) is 4.99 Å². The highest BCUT2D eigenvalue weighted by Gasteiger charge is 2.71. The molecule has 8 heteroatoms. The largest absolute Gasteiger partial charge is 0.389 e. The van der Waals surface area contributed by atoms with Crippen LogP contribution in [0, 0.1) is 28.6 Å². The minimum atomic E-state index is -1.17. The Morgan fingerprint density at radius 1 is 1.09 bits per heavy atom. The van der Waals surface area contributed by atoms with E-state index in [-0.39, 0.29) is 17.3 Å².